The number of carbonyl (C=O) groups is 1. The number of amides is 1. The van der Waals surface area contributed by atoms with Gasteiger partial charge in [-0.3, -0.25) is 4.79 Å². The van der Waals surface area contributed by atoms with Gasteiger partial charge in [-0.15, -0.1) is 11.3 Å². The summed E-state index contributed by atoms with van der Waals surface area (Å²) in [4.78, 5) is 13.9. The fourth-order valence-corrected chi connectivity index (χ4v) is 3.76. The van der Waals surface area contributed by atoms with Crippen molar-refractivity contribution in [3.63, 3.8) is 0 Å². The molecule has 140 valence electrons. The van der Waals surface area contributed by atoms with E-state index in [9.17, 15) is 4.79 Å². The summed E-state index contributed by atoms with van der Waals surface area (Å²) in [6, 6.07) is 16.7. The van der Waals surface area contributed by atoms with Gasteiger partial charge in [0.25, 0.3) is 0 Å². The van der Waals surface area contributed by atoms with Gasteiger partial charge in [0.15, 0.2) is 0 Å². The molecule has 1 unspecified atom stereocenters. The average molecular weight is 402 g/mol. The first-order valence-electron chi connectivity index (χ1n) is 8.40. The molecule has 1 amide bonds. The van der Waals surface area contributed by atoms with Crippen molar-refractivity contribution in [2.75, 3.05) is 14.2 Å². The van der Waals surface area contributed by atoms with E-state index in [1.807, 2.05) is 53.9 Å². The van der Waals surface area contributed by atoms with E-state index in [0.29, 0.717) is 16.5 Å². The first kappa shape index (κ1) is 19.3. The molecule has 27 heavy (non-hydrogen) atoms. The molecule has 1 atom stereocenters. The van der Waals surface area contributed by atoms with Crippen LogP contribution in [0.1, 0.15) is 22.0 Å². The Hall–Kier alpha value is -2.50. The lowest BCUT2D eigenvalue weighted by Crippen LogP contribution is -2.30. The topological polar surface area (TPSA) is 47.6 Å². The molecule has 1 heterocycles. The number of ether oxygens (including phenoxy) is 2. The number of benzene rings is 2. The van der Waals surface area contributed by atoms with Crippen molar-refractivity contribution in [1.29, 1.82) is 0 Å². The summed E-state index contributed by atoms with van der Waals surface area (Å²) in [6.45, 7) is 0. The monoisotopic (exact) mass is 401 g/mol. The number of hydrogen-bond donors (Lipinski definition) is 1. The lowest BCUT2D eigenvalue weighted by Gasteiger charge is -2.19. The van der Waals surface area contributed by atoms with Crippen LogP contribution in [0.2, 0.25) is 5.02 Å². The molecule has 0 fully saturated rings. The molecule has 1 N–H and O–H groups in total. The van der Waals surface area contributed by atoms with Crippen LogP contribution in [0, 0.1) is 0 Å². The molecule has 0 bridgehead atoms. The zero-order chi connectivity index (χ0) is 19.2. The molecule has 2 aromatic carbocycles. The largest absolute Gasteiger partial charge is 0.497 e. The highest BCUT2D eigenvalue weighted by Gasteiger charge is 2.19. The molecule has 0 saturated carbocycles. The van der Waals surface area contributed by atoms with Crippen molar-refractivity contribution >= 4 is 28.8 Å². The van der Waals surface area contributed by atoms with E-state index >= 15 is 0 Å². The molecule has 4 nitrogen and oxygen atoms in total. The van der Waals surface area contributed by atoms with Crippen LogP contribution in [0.4, 0.5) is 0 Å². The van der Waals surface area contributed by atoms with Crippen LogP contribution in [0.5, 0.6) is 11.5 Å². The summed E-state index contributed by atoms with van der Waals surface area (Å²) < 4.78 is 10.6. The Bertz CT molecular complexity index is 894. The molecular formula is C21H20ClNO3S. The summed E-state index contributed by atoms with van der Waals surface area (Å²) in [7, 11) is 3.18. The molecule has 3 aromatic rings. The zero-order valence-electron chi connectivity index (χ0n) is 15.1. The zero-order valence-corrected chi connectivity index (χ0v) is 16.6. The Balaban J connectivity index is 1.82. The number of halogens is 1. The standard InChI is InChI=1S/C21H20ClNO3S/c1-25-17-9-10-18(26-2)15(12-17)13-20(24)23-21(19-4-3-11-27-19)14-5-7-16(22)8-6-14/h3-12,21H,13H2,1-2H3,(H,23,24). The van der Waals surface area contributed by atoms with Crippen LogP contribution in [0.3, 0.4) is 0 Å². The predicted molar refractivity (Wildman–Crippen MR) is 109 cm³/mol. The van der Waals surface area contributed by atoms with Gasteiger partial charge in [0.1, 0.15) is 11.5 Å². The predicted octanol–water partition coefficient (Wildman–Crippen LogP) is 4.87. The summed E-state index contributed by atoms with van der Waals surface area (Å²) in [5, 5.41) is 5.78. The minimum atomic E-state index is -0.230. The van der Waals surface area contributed by atoms with Gasteiger partial charge in [-0.1, -0.05) is 29.8 Å². The maximum atomic E-state index is 12.8. The van der Waals surface area contributed by atoms with E-state index in [-0.39, 0.29) is 18.4 Å². The van der Waals surface area contributed by atoms with Crippen molar-refractivity contribution in [2.45, 2.75) is 12.5 Å². The van der Waals surface area contributed by atoms with Crippen molar-refractivity contribution in [3.05, 3.63) is 81.0 Å². The first-order valence-corrected chi connectivity index (χ1v) is 9.65. The maximum Gasteiger partial charge on any atom is 0.225 e. The van der Waals surface area contributed by atoms with Gasteiger partial charge < -0.3 is 14.8 Å². The number of nitrogens with one attached hydrogen (secondary N) is 1. The SMILES string of the molecule is COc1ccc(OC)c(CC(=O)NC(c2ccc(Cl)cc2)c2cccs2)c1. The number of thiophene rings is 1. The van der Waals surface area contributed by atoms with Gasteiger partial charge >= 0.3 is 0 Å². The van der Waals surface area contributed by atoms with Gasteiger partial charge in [-0.2, -0.15) is 0 Å². The van der Waals surface area contributed by atoms with Crippen LogP contribution in [-0.2, 0) is 11.2 Å². The smallest absolute Gasteiger partial charge is 0.225 e. The molecule has 0 aliphatic carbocycles. The van der Waals surface area contributed by atoms with Crippen LogP contribution >= 0.6 is 22.9 Å². The molecule has 0 saturated heterocycles. The maximum absolute atomic E-state index is 12.8. The lowest BCUT2D eigenvalue weighted by molar-refractivity contribution is -0.120. The number of rotatable bonds is 7. The van der Waals surface area contributed by atoms with Crippen LogP contribution in [-0.4, -0.2) is 20.1 Å². The highest BCUT2D eigenvalue weighted by atomic mass is 35.5. The first-order chi connectivity index (χ1) is 13.1. The van der Waals surface area contributed by atoms with E-state index in [1.165, 1.54) is 0 Å². The van der Waals surface area contributed by atoms with Gasteiger partial charge in [-0.05, 0) is 47.3 Å². The summed E-state index contributed by atoms with van der Waals surface area (Å²) in [5.74, 6) is 1.24. The average Bonchev–Trinajstić information content (AvgIpc) is 3.21. The lowest BCUT2D eigenvalue weighted by atomic mass is 10.0. The second-order valence-corrected chi connectivity index (χ2v) is 7.34. The van der Waals surface area contributed by atoms with Crippen LogP contribution < -0.4 is 14.8 Å². The third-order valence-corrected chi connectivity index (χ3v) is 5.36. The van der Waals surface area contributed by atoms with Gasteiger partial charge in [0, 0.05) is 15.5 Å². The quantitative estimate of drug-likeness (QED) is 0.614. The molecule has 6 heteroatoms. The molecule has 0 aliphatic heterocycles. The molecule has 1 aromatic heterocycles. The van der Waals surface area contributed by atoms with E-state index in [4.69, 9.17) is 21.1 Å². The second-order valence-electron chi connectivity index (χ2n) is 5.92. The third kappa shape index (κ3) is 4.81. The minimum absolute atomic E-state index is 0.102. The minimum Gasteiger partial charge on any atom is -0.497 e. The van der Waals surface area contributed by atoms with Gasteiger partial charge in [0.05, 0.1) is 26.7 Å². The number of methoxy groups -OCH3 is 2. The Morgan fingerprint density at radius 1 is 1.11 bits per heavy atom. The summed E-state index contributed by atoms with van der Waals surface area (Å²) in [6.07, 6.45) is 0.190. The van der Waals surface area contributed by atoms with Crippen LogP contribution in [0.25, 0.3) is 0 Å². The number of hydrogen-bond acceptors (Lipinski definition) is 4. The van der Waals surface area contributed by atoms with Crippen molar-refractivity contribution < 1.29 is 14.3 Å². The normalized spacial score (nSPS) is 11.7. The molecular weight excluding hydrogens is 382 g/mol. The van der Waals surface area contributed by atoms with E-state index < -0.39 is 0 Å². The van der Waals surface area contributed by atoms with E-state index in [1.54, 1.807) is 31.6 Å². The molecule has 0 radical (unpaired) electrons. The Morgan fingerprint density at radius 2 is 1.89 bits per heavy atom. The highest BCUT2D eigenvalue weighted by Crippen LogP contribution is 2.28. The molecule has 0 aliphatic rings. The van der Waals surface area contributed by atoms with E-state index in [2.05, 4.69) is 5.32 Å². The summed E-state index contributed by atoms with van der Waals surface area (Å²) >= 11 is 7.61. The molecule has 3 rings (SSSR count). The van der Waals surface area contributed by atoms with E-state index in [0.717, 1.165) is 16.0 Å². The highest BCUT2D eigenvalue weighted by molar-refractivity contribution is 7.10. The Labute approximate surface area is 167 Å². The second kappa shape index (κ2) is 8.93. The third-order valence-electron chi connectivity index (χ3n) is 4.17. The molecule has 0 spiro atoms. The van der Waals surface area contributed by atoms with Crippen molar-refractivity contribution in [1.82, 2.24) is 5.32 Å². The van der Waals surface area contributed by atoms with Gasteiger partial charge in [-0.25, -0.2) is 0 Å². The van der Waals surface area contributed by atoms with Crippen LogP contribution in [0.15, 0.2) is 60.0 Å². The van der Waals surface area contributed by atoms with Crippen molar-refractivity contribution in [2.24, 2.45) is 0 Å². The fraction of sp³-hybridized carbons (Fsp3) is 0.190. The Kier molecular flexibility index (Phi) is 6.37. The summed E-state index contributed by atoms with van der Waals surface area (Å²) in [5.41, 5.74) is 1.75. The van der Waals surface area contributed by atoms with Gasteiger partial charge in [0.2, 0.25) is 5.91 Å². The fourth-order valence-electron chi connectivity index (χ4n) is 2.83. The Morgan fingerprint density at radius 3 is 2.52 bits per heavy atom. The number of carbonyl (C=O) groups excluding carboxylic acids is 1. The van der Waals surface area contributed by atoms with Crippen molar-refractivity contribution in [3.8, 4) is 11.5 Å².